The molecule has 1 aromatic carbocycles. The molecule has 5 fully saturated rings. The van der Waals surface area contributed by atoms with Gasteiger partial charge >= 0.3 is 0 Å². The molecule has 4 saturated heterocycles. The van der Waals surface area contributed by atoms with Crippen LogP contribution in [0.4, 0.5) is 0 Å². The lowest BCUT2D eigenvalue weighted by atomic mass is 9.81. The van der Waals surface area contributed by atoms with Crippen LogP contribution in [-0.2, 0) is 17.6 Å². The molecule has 0 radical (unpaired) electrons. The van der Waals surface area contributed by atoms with Gasteiger partial charge in [-0.05, 0) is 62.0 Å². The SMILES string of the molecule is O=C(C1CCC2NNNC2C1)N1C[C@H]2CC[C@@H]1CN(C1Cc3ccccc3C1)C2. The molecule has 5 atom stereocenters. The number of amides is 1. The third-order valence-corrected chi connectivity index (χ3v) is 8.29. The number of piperidine rings is 1. The van der Waals surface area contributed by atoms with Gasteiger partial charge in [0.15, 0.2) is 0 Å². The lowest BCUT2D eigenvalue weighted by Crippen LogP contribution is -2.52. The second kappa shape index (κ2) is 7.34. The number of hydrazine groups is 2. The van der Waals surface area contributed by atoms with Gasteiger partial charge in [-0.15, -0.1) is 0 Å². The van der Waals surface area contributed by atoms with Crippen molar-refractivity contribution in [3.63, 3.8) is 0 Å². The Morgan fingerprint density at radius 3 is 2.48 bits per heavy atom. The highest BCUT2D eigenvalue weighted by Crippen LogP contribution is 2.35. The monoisotopic (exact) mass is 395 g/mol. The smallest absolute Gasteiger partial charge is 0.226 e. The summed E-state index contributed by atoms with van der Waals surface area (Å²) in [7, 11) is 0. The van der Waals surface area contributed by atoms with Crippen LogP contribution in [0, 0.1) is 11.8 Å². The summed E-state index contributed by atoms with van der Waals surface area (Å²) in [4.78, 5) is 18.6. The van der Waals surface area contributed by atoms with Crippen LogP contribution in [0.25, 0.3) is 0 Å². The molecule has 6 nitrogen and oxygen atoms in total. The molecule has 1 aromatic rings. The van der Waals surface area contributed by atoms with Gasteiger partial charge in [0.05, 0.1) is 0 Å². The lowest BCUT2D eigenvalue weighted by molar-refractivity contribution is -0.141. The minimum atomic E-state index is 0.189. The largest absolute Gasteiger partial charge is 0.338 e. The summed E-state index contributed by atoms with van der Waals surface area (Å²) in [6, 6.07) is 10.8. The summed E-state index contributed by atoms with van der Waals surface area (Å²) in [5, 5.41) is 0. The molecule has 156 valence electrons. The fourth-order valence-corrected chi connectivity index (χ4v) is 6.67. The maximum Gasteiger partial charge on any atom is 0.226 e. The van der Waals surface area contributed by atoms with E-state index in [0.717, 1.165) is 32.4 Å². The second-order valence-corrected chi connectivity index (χ2v) is 10.0. The number of benzene rings is 1. The van der Waals surface area contributed by atoms with Crippen LogP contribution in [0.5, 0.6) is 0 Å². The molecular weight excluding hydrogens is 362 g/mol. The van der Waals surface area contributed by atoms with Gasteiger partial charge in [0.25, 0.3) is 0 Å². The zero-order valence-electron chi connectivity index (χ0n) is 17.1. The molecule has 7 rings (SSSR count). The second-order valence-electron chi connectivity index (χ2n) is 10.0. The lowest BCUT2D eigenvalue weighted by Gasteiger charge is -2.40. The first-order valence-electron chi connectivity index (χ1n) is 11.6. The molecule has 0 spiro atoms. The maximum absolute atomic E-state index is 13.5. The number of rotatable bonds is 2. The van der Waals surface area contributed by atoms with Crippen LogP contribution in [0.2, 0.25) is 0 Å². The van der Waals surface area contributed by atoms with E-state index < -0.39 is 0 Å². The number of carbonyl (C=O) groups is 1. The van der Waals surface area contributed by atoms with Crippen molar-refractivity contribution < 1.29 is 4.79 Å². The van der Waals surface area contributed by atoms with E-state index in [9.17, 15) is 4.79 Å². The van der Waals surface area contributed by atoms with Gasteiger partial charge in [0.1, 0.15) is 0 Å². The van der Waals surface area contributed by atoms with E-state index in [1.165, 1.54) is 43.4 Å². The van der Waals surface area contributed by atoms with Gasteiger partial charge < -0.3 is 4.90 Å². The average Bonchev–Trinajstić information content (AvgIpc) is 3.30. The van der Waals surface area contributed by atoms with Crippen LogP contribution in [0.3, 0.4) is 0 Å². The number of carbonyl (C=O) groups excluding carboxylic acids is 1. The minimum absolute atomic E-state index is 0.189. The molecule has 3 unspecified atom stereocenters. The van der Waals surface area contributed by atoms with Crippen LogP contribution < -0.4 is 16.4 Å². The van der Waals surface area contributed by atoms with E-state index in [2.05, 4.69) is 50.5 Å². The van der Waals surface area contributed by atoms with Crippen LogP contribution >= 0.6 is 0 Å². The Balaban J connectivity index is 1.15. The predicted molar refractivity (Wildman–Crippen MR) is 112 cm³/mol. The summed E-state index contributed by atoms with van der Waals surface area (Å²) in [5.74, 6) is 1.27. The van der Waals surface area contributed by atoms with Gasteiger partial charge in [-0.1, -0.05) is 24.3 Å². The first kappa shape index (κ1) is 18.3. The fraction of sp³-hybridized carbons (Fsp3) is 0.696. The predicted octanol–water partition coefficient (Wildman–Crippen LogP) is 1.23. The van der Waals surface area contributed by atoms with E-state index in [1.807, 2.05) is 0 Å². The normalized spacial score (nSPS) is 37.4. The number of hydrogen-bond acceptors (Lipinski definition) is 5. The summed E-state index contributed by atoms with van der Waals surface area (Å²) in [6.45, 7) is 3.22. The Morgan fingerprint density at radius 2 is 1.66 bits per heavy atom. The molecule has 4 heterocycles. The van der Waals surface area contributed by atoms with Crippen LogP contribution in [0.1, 0.15) is 43.2 Å². The quantitative estimate of drug-likeness (QED) is 0.703. The molecule has 3 N–H and O–H groups in total. The van der Waals surface area contributed by atoms with E-state index >= 15 is 0 Å². The topological polar surface area (TPSA) is 59.6 Å². The number of nitrogens with one attached hydrogen (secondary N) is 3. The molecule has 4 aliphatic heterocycles. The molecule has 6 aliphatic rings. The Kier molecular flexibility index (Phi) is 4.64. The Bertz CT molecular complexity index is 759. The molecule has 2 aliphatic carbocycles. The number of nitrogens with zero attached hydrogens (tertiary/aromatic N) is 2. The van der Waals surface area contributed by atoms with Gasteiger partial charge in [-0.2, -0.15) is 5.53 Å². The zero-order chi connectivity index (χ0) is 19.4. The standard InChI is InChI=1S/C23H33N5O/c29-23(18-6-8-21-22(11-18)25-26-24-21)28-13-15-5-7-19(28)14-27(12-15)20-9-16-3-1-2-4-17(16)10-20/h1-4,15,18-22,24-26H,5-14H2/t15-,18?,19+,21?,22?/m0/s1. The van der Waals surface area contributed by atoms with Crippen molar-refractivity contribution in [3.05, 3.63) is 35.4 Å². The maximum atomic E-state index is 13.5. The molecule has 1 amide bonds. The summed E-state index contributed by atoms with van der Waals surface area (Å²) in [5.41, 5.74) is 12.7. The van der Waals surface area contributed by atoms with Crippen molar-refractivity contribution in [2.24, 2.45) is 11.8 Å². The Morgan fingerprint density at radius 1 is 0.862 bits per heavy atom. The highest BCUT2D eigenvalue weighted by atomic mass is 16.2. The minimum Gasteiger partial charge on any atom is -0.338 e. The highest BCUT2D eigenvalue weighted by Gasteiger charge is 2.44. The Labute approximate surface area is 173 Å². The number of fused-ring (bicyclic) bond motifs is 6. The van der Waals surface area contributed by atoms with Gasteiger partial charge in [-0.25, -0.2) is 10.9 Å². The average molecular weight is 396 g/mol. The van der Waals surface area contributed by atoms with Gasteiger partial charge in [-0.3, -0.25) is 9.69 Å². The molecule has 29 heavy (non-hydrogen) atoms. The van der Waals surface area contributed by atoms with E-state index in [0.29, 0.717) is 36.0 Å². The van der Waals surface area contributed by atoms with Crippen molar-refractivity contribution in [1.29, 1.82) is 0 Å². The van der Waals surface area contributed by atoms with E-state index in [4.69, 9.17) is 0 Å². The molecular formula is C23H33N5O. The molecule has 1 saturated carbocycles. The summed E-state index contributed by atoms with van der Waals surface area (Å²) < 4.78 is 0. The third kappa shape index (κ3) is 3.30. The van der Waals surface area contributed by atoms with Crippen LogP contribution in [-0.4, -0.2) is 59.5 Å². The summed E-state index contributed by atoms with van der Waals surface area (Å²) >= 11 is 0. The van der Waals surface area contributed by atoms with Crippen molar-refractivity contribution in [3.8, 4) is 0 Å². The van der Waals surface area contributed by atoms with E-state index in [1.54, 1.807) is 0 Å². The molecule has 0 aromatic heterocycles. The van der Waals surface area contributed by atoms with Gasteiger partial charge in [0, 0.05) is 49.7 Å². The highest BCUT2D eigenvalue weighted by molar-refractivity contribution is 5.79. The Hall–Kier alpha value is -1.47. The number of hydrogen-bond donors (Lipinski definition) is 3. The third-order valence-electron chi connectivity index (χ3n) is 8.29. The van der Waals surface area contributed by atoms with Crippen molar-refractivity contribution in [2.45, 2.75) is 69.1 Å². The zero-order valence-corrected chi connectivity index (χ0v) is 17.1. The first-order valence-corrected chi connectivity index (χ1v) is 11.6. The fourth-order valence-electron chi connectivity index (χ4n) is 6.67. The first-order chi connectivity index (χ1) is 14.2. The van der Waals surface area contributed by atoms with Crippen molar-refractivity contribution in [1.82, 2.24) is 26.2 Å². The molecule has 2 bridgehead atoms. The van der Waals surface area contributed by atoms with Crippen molar-refractivity contribution >= 4 is 5.91 Å². The van der Waals surface area contributed by atoms with Crippen molar-refractivity contribution in [2.75, 3.05) is 19.6 Å². The molecule has 6 heteroatoms. The van der Waals surface area contributed by atoms with Crippen LogP contribution in [0.15, 0.2) is 24.3 Å². The van der Waals surface area contributed by atoms with E-state index in [-0.39, 0.29) is 5.92 Å². The van der Waals surface area contributed by atoms with Gasteiger partial charge in [0.2, 0.25) is 5.91 Å². The summed E-state index contributed by atoms with van der Waals surface area (Å²) in [6.07, 6.45) is 7.89.